The van der Waals surface area contributed by atoms with Crippen LogP contribution in [-0.2, 0) is 15.9 Å². The van der Waals surface area contributed by atoms with E-state index >= 15 is 0 Å². The summed E-state index contributed by atoms with van der Waals surface area (Å²) in [7, 11) is 0. The van der Waals surface area contributed by atoms with Crippen LogP contribution in [0.2, 0.25) is 0 Å². The zero-order valence-corrected chi connectivity index (χ0v) is 6.25. The van der Waals surface area contributed by atoms with Crippen molar-refractivity contribution in [3.05, 3.63) is 29.5 Å². The van der Waals surface area contributed by atoms with Gasteiger partial charge < -0.3 is 5.21 Å². The number of allylic oxidation sites excluding steroid dienone is 4. The van der Waals surface area contributed by atoms with Crippen LogP contribution in [0.5, 0.6) is 0 Å². The first kappa shape index (κ1) is 8.06. The van der Waals surface area contributed by atoms with E-state index in [-0.39, 0.29) is 10.1 Å². The van der Waals surface area contributed by atoms with Crippen molar-refractivity contribution in [1.29, 1.82) is 0 Å². The molecule has 4 nitrogen and oxygen atoms in total. The van der Waals surface area contributed by atoms with Crippen molar-refractivity contribution in [1.82, 2.24) is 0 Å². The van der Waals surface area contributed by atoms with Crippen LogP contribution in [0.1, 0.15) is 0 Å². The molecule has 0 atom stereocenters. The molecule has 1 aliphatic carbocycles. The first-order chi connectivity index (χ1) is 5.18. The Morgan fingerprint density at radius 1 is 1.36 bits per heavy atom. The predicted octanol–water partition coefficient (Wildman–Crippen LogP) is 0.0196. The molecule has 11 heavy (non-hydrogen) atoms. The molecule has 0 spiro atoms. The smallest absolute Gasteiger partial charge is 0.181 e. The Morgan fingerprint density at radius 2 is 1.91 bits per heavy atom. The lowest BCUT2D eigenvalue weighted by molar-refractivity contribution is -0.703. The lowest BCUT2D eigenvalue weighted by atomic mass is 10.2. The van der Waals surface area contributed by atoms with Crippen LogP contribution in [0.25, 0.3) is 0 Å². The first-order valence-corrected chi connectivity index (χ1v) is 3.57. The summed E-state index contributed by atoms with van der Waals surface area (Å²) in [5.74, 6) is -0.121. The van der Waals surface area contributed by atoms with E-state index in [0.717, 1.165) is 0 Å². The van der Waals surface area contributed by atoms with Crippen LogP contribution in [0, 0.1) is 5.21 Å². The number of hydrogen-bond acceptors (Lipinski definition) is 2. The Labute approximate surface area is 66.3 Å². The largest absolute Gasteiger partial charge is 0.500 e. The van der Waals surface area contributed by atoms with Crippen molar-refractivity contribution in [3.63, 3.8) is 0 Å². The highest BCUT2D eigenvalue weighted by Gasteiger charge is 1.98. The summed E-state index contributed by atoms with van der Waals surface area (Å²) in [6.45, 7) is 0. The van der Waals surface area contributed by atoms with E-state index in [0.29, 0.717) is 16.0 Å². The molecule has 0 aliphatic heterocycles. The van der Waals surface area contributed by atoms with Crippen molar-refractivity contribution in [2.45, 2.75) is 0 Å². The topological polar surface area (TPSA) is 63.4 Å². The van der Waals surface area contributed by atoms with Gasteiger partial charge in [0.25, 0.3) is 0 Å². The fourth-order valence-electron chi connectivity index (χ4n) is 0.591. The minimum absolute atomic E-state index is 0.121. The molecule has 0 aromatic heterocycles. The van der Waals surface area contributed by atoms with E-state index in [1.165, 1.54) is 24.3 Å². The average molecular weight is 171 g/mol. The van der Waals surface area contributed by atoms with Crippen LogP contribution in [-0.4, -0.2) is 20.1 Å². The van der Waals surface area contributed by atoms with Crippen molar-refractivity contribution >= 4 is 21.8 Å². The minimum atomic E-state index is -0.264. The summed E-state index contributed by atoms with van der Waals surface area (Å²) in [6.07, 6.45) is 5.58. The Morgan fingerprint density at radius 3 is 2.36 bits per heavy atom. The van der Waals surface area contributed by atoms with E-state index in [2.05, 4.69) is 0 Å². The molecule has 5 heteroatoms. The summed E-state index contributed by atoms with van der Waals surface area (Å²) < 4.78 is -0.264. The first-order valence-electron chi connectivity index (χ1n) is 2.79. The number of hydrogen-bond donors (Lipinski definition) is 1. The maximum atomic E-state index is 10.5. The van der Waals surface area contributed by atoms with Crippen molar-refractivity contribution in [2.24, 2.45) is 0 Å². The second-order valence-corrected chi connectivity index (χ2v) is 2.77. The lowest BCUT2D eigenvalue weighted by Crippen LogP contribution is -2.01. The number of rotatable bonds is 0. The molecule has 0 fully saturated rings. The number of carbonyl (C=O) groups is 1. The van der Waals surface area contributed by atoms with Gasteiger partial charge in [0.2, 0.25) is 0 Å². The third-order valence-corrected chi connectivity index (χ3v) is 1.65. The molecule has 0 heterocycles. The molecule has 1 rings (SSSR count). The molecular weight excluding hydrogens is 166 g/mol. The summed E-state index contributed by atoms with van der Waals surface area (Å²) in [6, 6.07) is 0. The maximum absolute atomic E-state index is 10.5. The summed E-state index contributed by atoms with van der Waals surface area (Å²) in [5, 5.41) is 18.3. The molecule has 0 saturated heterocycles. The molecule has 0 saturated carbocycles. The molecule has 0 aromatic carbocycles. The van der Waals surface area contributed by atoms with Crippen LogP contribution in [0.4, 0.5) is 0 Å². The minimum Gasteiger partial charge on any atom is -0.500 e. The van der Waals surface area contributed by atoms with Crippen molar-refractivity contribution in [3.8, 4) is 0 Å². The summed E-state index contributed by atoms with van der Waals surface area (Å²) in [5.41, 5.74) is 0. The fraction of sp³-hybridized carbons (Fsp3) is 0. The second-order valence-electron chi connectivity index (χ2n) is 1.80. The standard InChI is InChI=1S/C6H5NO3S/c8-5-1-3-6(4-2-5)11-7(9)10/h1-4H,(H,9,10). The van der Waals surface area contributed by atoms with E-state index in [1.54, 1.807) is 0 Å². The van der Waals surface area contributed by atoms with Crippen LogP contribution >= 0.6 is 0 Å². The number of ketones is 1. The summed E-state index contributed by atoms with van der Waals surface area (Å²) >= 11 is 0.602. The SMILES string of the molecule is O=C1C=CC(=S=[N+]([O-])O)C=C1. The second kappa shape index (κ2) is 3.38. The third-order valence-electron chi connectivity index (χ3n) is 1.01. The average Bonchev–Trinajstić information content (AvgIpc) is 1.93. The normalized spacial score (nSPS) is 15.5. The highest BCUT2D eigenvalue weighted by Crippen LogP contribution is 1.92. The van der Waals surface area contributed by atoms with E-state index in [9.17, 15) is 10.0 Å². The summed E-state index contributed by atoms with van der Waals surface area (Å²) in [4.78, 5) is 11.1. The van der Waals surface area contributed by atoms with Gasteiger partial charge in [0.1, 0.15) is 0 Å². The van der Waals surface area contributed by atoms with Gasteiger partial charge in [-0.3, -0.25) is 4.79 Å². The van der Waals surface area contributed by atoms with Gasteiger partial charge in [0.15, 0.2) is 16.9 Å². The maximum Gasteiger partial charge on any atom is 0.181 e. The van der Waals surface area contributed by atoms with Gasteiger partial charge in [-0.15, -0.1) is 5.21 Å². The van der Waals surface area contributed by atoms with E-state index in [1.807, 2.05) is 0 Å². The molecule has 0 aromatic rings. The molecule has 0 radical (unpaired) electrons. The van der Waals surface area contributed by atoms with Gasteiger partial charge in [-0.25, -0.2) is 0 Å². The number of nitrogens with zero attached hydrogens (tertiary/aromatic N) is 1. The molecule has 58 valence electrons. The fourth-order valence-corrected chi connectivity index (χ4v) is 1.03. The van der Waals surface area contributed by atoms with Gasteiger partial charge in [-0.2, -0.15) is 0 Å². The van der Waals surface area contributed by atoms with Crippen LogP contribution in [0.15, 0.2) is 24.3 Å². The van der Waals surface area contributed by atoms with Gasteiger partial charge in [0, 0.05) is 0 Å². The highest BCUT2D eigenvalue weighted by molar-refractivity contribution is 7.67. The third kappa shape index (κ3) is 2.58. The quantitative estimate of drug-likeness (QED) is 0.413. The van der Waals surface area contributed by atoms with Crippen molar-refractivity contribution < 1.29 is 14.3 Å². The molecule has 0 unspecified atom stereocenters. The van der Waals surface area contributed by atoms with Crippen LogP contribution < -0.4 is 0 Å². The van der Waals surface area contributed by atoms with Crippen molar-refractivity contribution in [2.75, 3.05) is 0 Å². The van der Waals surface area contributed by atoms with Gasteiger partial charge in [-0.05, 0) is 28.6 Å². The molecular formula is C6H5NO3S. The Kier molecular flexibility index (Phi) is 2.48. The Hall–Kier alpha value is -1.04. The molecule has 0 amide bonds. The van der Waals surface area contributed by atoms with E-state index in [4.69, 9.17) is 5.21 Å². The highest BCUT2D eigenvalue weighted by atomic mass is 32.1. The zero-order chi connectivity index (χ0) is 8.27. The van der Waals surface area contributed by atoms with Gasteiger partial charge >= 0.3 is 0 Å². The molecule has 1 aliphatic rings. The van der Waals surface area contributed by atoms with Gasteiger partial charge in [-0.1, -0.05) is 0 Å². The van der Waals surface area contributed by atoms with E-state index < -0.39 is 0 Å². The van der Waals surface area contributed by atoms with Crippen LogP contribution in [0.3, 0.4) is 0 Å². The van der Waals surface area contributed by atoms with Gasteiger partial charge in [0.05, 0.1) is 4.86 Å². The lowest BCUT2D eigenvalue weighted by Gasteiger charge is -1.91. The zero-order valence-electron chi connectivity index (χ0n) is 5.43. The predicted molar refractivity (Wildman–Crippen MR) is 41.1 cm³/mol. The Bertz CT molecular complexity index is 288. The monoisotopic (exact) mass is 171 g/mol. The molecule has 1 N–H and O–H groups in total. The molecule has 0 bridgehead atoms. The Balaban J connectivity index is 2.98. The number of carbonyl (C=O) groups excluding carboxylic acids is 1.